The predicted molar refractivity (Wildman–Crippen MR) is 312 cm³/mol. The third kappa shape index (κ3) is 40.9. The smallest absolute Gasteiger partial charge is 0.220 e. The second-order valence-corrected chi connectivity index (χ2v) is 18.6. The molecular formula is C65H101NO8. The van der Waals surface area contributed by atoms with Gasteiger partial charge in [0.2, 0.25) is 5.91 Å². The van der Waals surface area contributed by atoms with Crippen LogP contribution in [0.4, 0.5) is 0 Å². The van der Waals surface area contributed by atoms with Crippen molar-refractivity contribution in [1.82, 2.24) is 5.32 Å². The van der Waals surface area contributed by atoms with Crippen LogP contribution in [0.3, 0.4) is 0 Å². The predicted octanol–water partition coefficient (Wildman–Crippen LogP) is 14.2. The number of rotatable bonds is 45. The minimum absolute atomic E-state index is 0.220. The maximum atomic E-state index is 13.0. The summed E-state index contributed by atoms with van der Waals surface area (Å²) in [4.78, 5) is 13.0. The lowest BCUT2D eigenvalue weighted by molar-refractivity contribution is -0.302. The van der Waals surface area contributed by atoms with E-state index in [0.717, 1.165) is 128 Å². The molecular weight excluding hydrogens is 923 g/mol. The molecule has 0 aromatic carbocycles. The number of hydrogen-bond donors (Lipinski definition) is 6. The SMILES string of the molecule is CC/C=C\C/C=C\C/C=C\C/C=C\C/C=C\C/C=C\C/C=C\C/C=C\C/C=C\C/C=C\C/C=C\CCCCCCCC(=O)NC(COC1OC(CO)C(O)C(O)C1O)C(O)/C=C/CC/C=C/CC/C=C/CCCC. The number of ether oxygens (including phenoxy) is 2. The third-order valence-corrected chi connectivity index (χ3v) is 12.0. The molecule has 0 bridgehead atoms. The molecule has 0 aromatic rings. The molecule has 6 N–H and O–H groups in total. The monoisotopic (exact) mass is 1020 g/mol. The van der Waals surface area contributed by atoms with Crippen LogP contribution in [0, 0.1) is 0 Å². The highest BCUT2D eigenvalue weighted by Gasteiger charge is 2.44. The fourth-order valence-electron chi connectivity index (χ4n) is 7.53. The van der Waals surface area contributed by atoms with Crippen molar-refractivity contribution < 1.29 is 39.8 Å². The number of nitrogens with one attached hydrogen (secondary N) is 1. The van der Waals surface area contributed by atoms with E-state index in [1.165, 1.54) is 12.8 Å². The van der Waals surface area contributed by atoms with E-state index < -0.39 is 49.5 Å². The average molecular weight is 1020 g/mol. The molecule has 9 nitrogen and oxygen atoms in total. The normalized spacial score (nSPS) is 20.3. The summed E-state index contributed by atoms with van der Waals surface area (Å²) in [6.45, 7) is 3.54. The van der Waals surface area contributed by atoms with Gasteiger partial charge in [-0.2, -0.15) is 0 Å². The summed E-state index contributed by atoms with van der Waals surface area (Å²) in [5.41, 5.74) is 0. The molecule has 0 saturated carbocycles. The summed E-state index contributed by atoms with van der Waals surface area (Å²) in [5, 5.41) is 54.2. The molecule has 1 aliphatic heterocycles. The van der Waals surface area contributed by atoms with Gasteiger partial charge in [0.1, 0.15) is 24.4 Å². The van der Waals surface area contributed by atoms with Crippen molar-refractivity contribution >= 4 is 5.91 Å². The molecule has 1 amide bonds. The Balaban J connectivity index is 2.21. The van der Waals surface area contributed by atoms with Crippen molar-refractivity contribution in [3.63, 3.8) is 0 Å². The average Bonchev–Trinajstić information content (AvgIpc) is 3.40. The minimum Gasteiger partial charge on any atom is -0.394 e. The molecule has 7 unspecified atom stereocenters. The van der Waals surface area contributed by atoms with Gasteiger partial charge in [0.15, 0.2) is 6.29 Å². The molecule has 0 aliphatic carbocycles. The molecule has 74 heavy (non-hydrogen) atoms. The topological polar surface area (TPSA) is 149 Å². The third-order valence-electron chi connectivity index (χ3n) is 12.0. The van der Waals surface area contributed by atoms with E-state index >= 15 is 0 Å². The summed E-state index contributed by atoms with van der Waals surface area (Å²) >= 11 is 0. The van der Waals surface area contributed by atoms with E-state index in [4.69, 9.17) is 9.47 Å². The van der Waals surface area contributed by atoms with E-state index in [-0.39, 0.29) is 12.5 Å². The Bertz CT molecular complexity index is 1760. The van der Waals surface area contributed by atoms with Gasteiger partial charge < -0.3 is 40.3 Å². The first-order valence-electron chi connectivity index (χ1n) is 28.4. The molecule has 1 heterocycles. The summed E-state index contributed by atoms with van der Waals surface area (Å²) < 4.78 is 11.2. The van der Waals surface area contributed by atoms with Crippen molar-refractivity contribution in [2.75, 3.05) is 13.2 Å². The van der Waals surface area contributed by atoms with Crippen molar-refractivity contribution in [2.24, 2.45) is 0 Å². The van der Waals surface area contributed by atoms with E-state index in [1.54, 1.807) is 6.08 Å². The van der Waals surface area contributed by atoms with Crippen LogP contribution in [0.2, 0.25) is 0 Å². The second-order valence-electron chi connectivity index (χ2n) is 18.6. The van der Waals surface area contributed by atoms with Crippen molar-refractivity contribution in [3.05, 3.63) is 170 Å². The van der Waals surface area contributed by atoms with Gasteiger partial charge >= 0.3 is 0 Å². The van der Waals surface area contributed by atoms with E-state index in [1.807, 2.05) is 6.08 Å². The van der Waals surface area contributed by atoms with Crippen molar-refractivity contribution in [1.29, 1.82) is 0 Å². The summed E-state index contributed by atoms with van der Waals surface area (Å²) in [5.74, 6) is -0.220. The lowest BCUT2D eigenvalue weighted by atomic mass is 9.99. The van der Waals surface area contributed by atoms with Crippen molar-refractivity contribution in [2.45, 2.75) is 217 Å². The number of allylic oxidation sites excluding steroid dienone is 27. The second kappa shape index (κ2) is 52.0. The number of carbonyl (C=O) groups excluding carboxylic acids is 1. The molecule has 7 atom stereocenters. The molecule has 0 radical (unpaired) electrons. The highest BCUT2D eigenvalue weighted by Crippen LogP contribution is 2.22. The van der Waals surface area contributed by atoms with Gasteiger partial charge in [0, 0.05) is 6.42 Å². The van der Waals surface area contributed by atoms with Crippen LogP contribution in [0.25, 0.3) is 0 Å². The molecule has 414 valence electrons. The highest BCUT2D eigenvalue weighted by atomic mass is 16.7. The number of aliphatic hydroxyl groups is 5. The quantitative estimate of drug-likeness (QED) is 0.0261. The fourth-order valence-corrected chi connectivity index (χ4v) is 7.53. The molecule has 1 saturated heterocycles. The van der Waals surface area contributed by atoms with Gasteiger partial charge in [0.05, 0.1) is 25.4 Å². The van der Waals surface area contributed by atoms with Crippen LogP contribution in [-0.4, -0.2) is 87.5 Å². The fraction of sp³-hybridized carbons (Fsp3) is 0.554. The van der Waals surface area contributed by atoms with Crippen LogP contribution in [0.5, 0.6) is 0 Å². The minimum atomic E-state index is -1.59. The van der Waals surface area contributed by atoms with Crippen LogP contribution in [-0.2, 0) is 14.3 Å². The Morgan fingerprint density at radius 3 is 1.30 bits per heavy atom. The zero-order valence-corrected chi connectivity index (χ0v) is 45.8. The van der Waals surface area contributed by atoms with Gasteiger partial charge in [0.25, 0.3) is 0 Å². The van der Waals surface area contributed by atoms with E-state index in [2.05, 4.69) is 177 Å². The first-order valence-corrected chi connectivity index (χ1v) is 28.4. The maximum absolute atomic E-state index is 13.0. The Hall–Kier alpha value is -4.45. The number of amides is 1. The Labute approximate surface area is 449 Å². The molecule has 0 spiro atoms. The van der Waals surface area contributed by atoms with Gasteiger partial charge in [-0.15, -0.1) is 0 Å². The zero-order valence-electron chi connectivity index (χ0n) is 45.8. The molecule has 9 heteroatoms. The van der Waals surface area contributed by atoms with Crippen LogP contribution >= 0.6 is 0 Å². The first-order chi connectivity index (χ1) is 36.3. The standard InChI is InChI=1S/C65H101NO8/c1-3-5-7-9-11-13-15-17-18-19-20-21-22-23-24-25-26-27-28-29-30-31-32-33-34-35-36-37-38-39-40-41-42-43-45-47-49-51-53-55-61(69)66-58(57-73-65-64(72)63(71)62(70)60(56-67)74-65)59(68)54-52-50-48-46-44-16-14-12-10-8-6-4-2/h5,7,10-13,17-18,20-21,23-24,26-27,29-30,32-33,35-36,38-39,41-42,44,46,52,54,58-60,62-65,67-68,70-72H,3-4,6,8-9,14-16,19,22,25,28,31,34,37,40,43,45,47-51,53,55-57H2,1-2H3,(H,66,69)/b7-5-,12-10+,13-11-,18-17-,21-20-,24-23-,27-26-,30-29-,33-32-,36-35-,39-38-,42-41-,46-44+,54-52+. The Morgan fingerprint density at radius 1 is 0.473 bits per heavy atom. The Morgan fingerprint density at radius 2 is 0.851 bits per heavy atom. The van der Waals surface area contributed by atoms with Gasteiger partial charge in [-0.25, -0.2) is 0 Å². The first kappa shape index (κ1) is 67.6. The van der Waals surface area contributed by atoms with Crippen molar-refractivity contribution in [3.8, 4) is 0 Å². The zero-order chi connectivity index (χ0) is 53.6. The Kier molecular flexibility index (Phi) is 47.5. The van der Waals surface area contributed by atoms with Gasteiger partial charge in [-0.1, -0.05) is 216 Å². The van der Waals surface area contributed by atoms with Crippen LogP contribution < -0.4 is 5.32 Å². The largest absolute Gasteiger partial charge is 0.394 e. The van der Waals surface area contributed by atoms with Crippen LogP contribution in [0.15, 0.2) is 170 Å². The lowest BCUT2D eigenvalue weighted by Gasteiger charge is -2.40. The number of hydrogen-bond acceptors (Lipinski definition) is 8. The van der Waals surface area contributed by atoms with Gasteiger partial charge in [-0.05, 0) is 122 Å². The summed E-state index contributed by atoms with van der Waals surface area (Å²) in [7, 11) is 0. The number of aliphatic hydroxyl groups excluding tert-OH is 5. The molecule has 1 aliphatic rings. The number of unbranched alkanes of at least 4 members (excludes halogenated alkanes) is 9. The molecule has 1 fully saturated rings. The van der Waals surface area contributed by atoms with Gasteiger partial charge in [-0.3, -0.25) is 4.79 Å². The summed E-state index contributed by atoms with van der Waals surface area (Å²) in [6, 6.07) is -0.851. The van der Waals surface area contributed by atoms with Crippen LogP contribution in [0.1, 0.15) is 174 Å². The van der Waals surface area contributed by atoms with E-state index in [0.29, 0.717) is 19.3 Å². The number of carbonyl (C=O) groups is 1. The lowest BCUT2D eigenvalue weighted by Crippen LogP contribution is -2.60. The van der Waals surface area contributed by atoms with E-state index in [9.17, 15) is 30.3 Å². The molecule has 0 aromatic heterocycles. The summed E-state index contributed by atoms with van der Waals surface area (Å²) in [6.07, 6.45) is 77.1. The molecule has 1 rings (SSSR count). The maximum Gasteiger partial charge on any atom is 0.220 e. The highest BCUT2D eigenvalue weighted by molar-refractivity contribution is 5.76.